The zero-order valence-electron chi connectivity index (χ0n) is 13.8. The predicted octanol–water partition coefficient (Wildman–Crippen LogP) is 2.19. The summed E-state index contributed by atoms with van der Waals surface area (Å²) in [5.74, 6) is -0.424. The SMILES string of the molecule is CC1CN(c2ccccc2NC(=O)c2cccc[n+]2[O-])CC(C)O1. The largest absolute Gasteiger partial charge is 0.618 e. The molecular weight excluding hydrogens is 306 g/mol. The molecule has 1 fully saturated rings. The average Bonchev–Trinajstić information content (AvgIpc) is 2.54. The molecule has 1 saturated heterocycles. The highest BCUT2D eigenvalue weighted by Crippen LogP contribution is 2.28. The van der Waals surface area contributed by atoms with Gasteiger partial charge in [-0.1, -0.05) is 12.1 Å². The number of nitrogens with zero attached hydrogens (tertiary/aromatic N) is 2. The van der Waals surface area contributed by atoms with E-state index in [1.54, 1.807) is 12.1 Å². The van der Waals surface area contributed by atoms with Gasteiger partial charge in [0.05, 0.1) is 23.6 Å². The number of aromatic nitrogens is 1. The Bertz CT molecular complexity index is 725. The second-order valence-corrected chi connectivity index (χ2v) is 6.05. The number of rotatable bonds is 3. The first kappa shape index (κ1) is 16.3. The Balaban J connectivity index is 1.84. The Kier molecular flexibility index (Phi) is 4.66. The number of carbonyl (C=O) groups excluding carboxylic acids is 1. The fourth-order valence-corrected chi connectivity index (χ4v) is 3.02. The molecule has 126 valence electrons. The summed E-state index contributed by atoms with van der Waals surface area (Å²) < 4.78 is 6.34. The van der Waals surface area contributed by atoms with E-state index in [2.05, 4.69) is 10.2 Å². The number of carbonyl (C=O) groups is 1. The number of amides is 1. The number of para-hydroxylation sites is 2. The van der Waals surface area contributed by atoms with E-state index >= 15 is 0 Å². The van der Waals surface area contributed by atoms with Gasteiger partial charge in [-0.15, -0.1) is 0 Å². The van der Waals surface area contributed by atoms with Crippen LogP contribution >= 0.6 is 0 Å². The molecule has 2 aromatic rings. The van der Waals surface area contributed by atoms with Crippen LogP contribution in [0.3, 0.4) is 0 Å². The third-order valence-electron chi connectivity index (χ3n) is 3.97. The second-order valence-electron chi connectivity index (χ2n) is 6.05. The number of morpholine rings is 1. The molecule has 0 spiro atoms. The van der Waals surface area contributed by atoms with Crippen LogP contribution in [0.2, 0.25) is 0 Å². The molecule has 1 aromatic heterocycles. The smallest absolute Gasteiger partial charge is 0.321 e. The molecule has 6 heteroatoms. The molecule has 1 aliphatic heterocycles. The Labute approximate surface area is 141 Å². The molecule has 0 saturated carbocycles. The Hall–Kier alpha value is -2.60. The molecule has 0 radical (unpaired) electrons. The molecule has 2 heterocycles. The number of ether oxygens (including phenoxy) is 1. The minimum atomic E-state index is -0.424. The maximum Gasteiger partial charge on any atom is 0.321 e. The van der Waals surface area contributed by atoms with Gasteiger partial charge in [-0.05, 0) is 32.0 Å². The molecular formula is C18H21N3O3. The molecule has 0 bridgehead atoms. The Morgan fingerprint density at radius 1 is 1.17 bits per heavy atom. The fourth-order valence-electron chi connectivity index (χ4n) is 3.02. The topological polar surface area (TPSA) is 68.5 Å². The summed E-state index contributed by atoms with van der Waals surface area (Å²) in [7, 11) is 0. The van der Waals surface area contributed by atoms with Crippen molar-refractivity contribution in [2.45, 2.75) is 26.1 Å². The highest BCUT2D eigenvalue weighted by Gasteiger charge is 2.25. The van der Waals surface area contributed by atoms with E-state index in [9.17, 15) is 10.0 Å². The van der Waals surface area contributed by atoms with Crippen LogP contribution in [-0.2, 0) is 4.74 Å². The summed E-state index contributed by atoms with van der Waals surface area (Å²) in [5, 5.41) is 14.6. The van der Waals surface area contributed by atoms with Gasteiger partial charge in [0, 0.05) is 25.2 Å². The number of nitrogens with one attached hydrogen (secondary N) is 1. The third kappa shape index (κ3) is 3.49. The number of pyridine rings is 1. The van der Waals surface area contributed by atoms with E-state index in [1.807, 2.05) is 38.1 Å². The van der Waals surface area contributed by atoms with Gasteiger partial charge in [-0.3, -0.25) is 4.79 Å². The van der Waals surface area contributed by atoms with Crippen molar-refractivity contribution in [2.75, 3.05) is 23.3 Å². The minimum Gasteiger partial charge on any atom is -0.618 e. The van der Waals surface area contributed by atoms with Gasteiger partial charge in [0.2, 0.25) is 0 Å². The van der Waals surface area contributed by atoms with E-state index in [1.165, 1.54) is 12.3 Å². The quantitative estimate of drug-likeness (QED) is 0.693. The Morgan fingerprint density at radius 2 is 1.83 bits per heavy atom. The first-order valence-corrected chi connectivity index (χ1v) is 8.03. The fraction of sp³-hybridized carbons (Fsp3) is 0.333. The summed E-state index contributed by atoms with van der Waals surface area (Å²) in [4.78, 5) is 14.6. The van der Waals surface area contributed by atoms with Crippen LogP contribution in [0.25, 0.3) is 0 Å². The normalized spacial score (nSPS) is 20.7. The van der Waals surface area contributed by atoms with Crippen molar-refractivity contribution in [1.29, 1.82) is 0 Å². The van der Waals surface area contributed by atoms with Gasteiger partial charge in [0.1, 0.15) is 0 Å². The van der Waals surface area contributed by atoms with Crippen LogP contribution in [0, 0.1) is 5.21 Å². The van der Waals surface area contributed by atoms with Crippen molar-refractivity contribution in [1.82, 2.24) is 0 Å². The first-order chi connectivity index (χ1) is 11.5. The molecule has 0 aliphatic carbocycles. The van der Waals surface area contributed by atoms with Gasteiger partial charge in [-0.25, -0.2) is 0 Å². The standard InChI is InChI=1S/C18H21N3O3/c1-13-11-20(12-14(2)24-13)16-8-4-3-7-15(16)19-18(22)17-9-5-6-10-21(17)23/h3-10,13-14H,11-12H2,1-2H3,(H,19,22). The molecule has 24 heavy (non-hydrogen) atoms. The van der Waals surface area contributed by atoms with Crippen LogP contribution < -0.4 is 14.9 Å². The van der Waals surface area contributed by atoms with Crippen molar-refractivity contribution in [3.8, 4) is 0 Å². The molecule has 1 N–H and O–H groups in total. The zero-order valence-corrected chi connectivity index (χ0v) is 13.8. The van der Waals surface area contributed by atoms with Gasteiger partial charge in [0.15, 0.2) is 6.20 Å². The second kappa shape index (κ2) is 6.88. The molecule has 1 aromatic carbocycles. The number of benzene rings is 1. The number of hydrogen-bond acceptors (Lipinski definition) is 4. The van der Waals surface area contributed by atoms with Crippen LogP contribution in [0.15, 0.2) is 48.7 Å². The molecule has 2 unspecified atom stereocenters. The lowest BCUT2D eigenvalue weighted by Crippen LogP contribution is -2.45. The highest BCUT2D eigenvalue weighted by molar-refractivity contribution is 6.03. The summed E-state index contributed by atoms with van der Waals surface area (Å²) >= 11 is 0. The Morgan fingerprint density at radius 3 is 2.54 bits per heavy atom. The van der Waals surface area contributed by atoms with E-state index < -0.39 is 5.91 Å². The number of anilines is 2. The molecule has 1 amide bonds. The van der Waals surface area contributed by atoms with Gasteiger partial charge >= 0.3 is 5.91 Å². The average molecular weight is 327 g/mol. The first-order valence-electron chi connectivity index (χ1n) is 8.03. The maximum absolute atomic E-state index is 12.4. The summed E-state index contributed by atoms with van der Waals surface area (Å²) in [6.07, 6.45) is 1.55. The maximum atomic E-state index is 12.4. The van der Waals surface area contributed by atoms with Crippen LogP contribution in [0.4, 0.5) is 11.4 Å². The van der Waals surface area contributed by atoms with Gasteiger partial charge in [-0.2, -0.15) is 4.73 Å². The van der Waals surface area contributed by atoms with Gasteiger partial charge < -0.3 is 20.2 Å². The van der Waals surface area contributed by atoms with Crippen LogP contribution in [0.1, 0.15) is 24.3 Å². The predicted molar refractivity (Wildman–Crippen MR) is 92.0 cm³/mol. The molecule has 3 rings (SSSR count). The highest BCUT2D eigenvalue weighted by atomic mass is 16.5. The minimum absolute atomic E-state index is 0.0658. The van der Waals surface area contributed by atoms with Crippen molar-refractivity contribution in [2.24, 2.45) is 0 Å². The van der Waals surface area contributed by atoms with E-state index in [0.717, 1.165) is 18.8 Å². The lowest BCUT2D eigenvalue weighted by atomic mass is 10.1. The third-order valence-corrected chi connectivity index (χ3v) is 3.97. The molecule has 2 atom stereocenters. The van der Waals surface area contributed by atoms with E-state index in [4.69, 9.17) is 4.74 Å². The van der Waals surface area contributed by atoms with Crippen molar-refractivity contribution in [3.63, 3.8) is 0 Å². The molecule has 1 aliphatic rings. The van der Waals surface area contributed by atoms with Crippen molar-refractivity contribution >= 4 is 17.3 Å². The van der Waals surface area contributed by atoms with E-state index in [-0.39, 0.29) is 17.9 Å². The van der Waals surface area contributed by atoms with E-state index in [0.29, 0.717) is 10.4 Å². The van der Waals surface area contributed by atoms with Crippen molar-refractivity contribution in [3.05, 3.63) is 59.6 Å². The van der Waals surface area contributed by atoms with Crippen molar-refractivity contribution < 1.29 is 14.3 Å². The summed E-state index contributed by atoms with van der Waals surface area (Å²) in [6.45, 7) is 5.58. The molecule has 6 nitrogen and oxygen atoms in total. The van der Waals surface area contributed by atoms with Crippen LogP contribution in [-0.4, -0.2) is 31.2 Å². The zero-order chi connectivity index (χ0) is 17.1. The number of hydrogen-bond donors (Lipinski definition) is 1. The van der Waals surface area contributed by atoms with Crippen LogP contribution in [0.5, 0.6) is 0 Å². The van der Waals surface area contributed by atoms with Gasteiger partial charge in [0.25, 0.3) is 5.69 Å². The lowest BCUT2D eigenvalue weighted by molar-refractivity contribution is -0.607. The lowest BCUT2D eigenvalue weighted by Gasteiger charge is -2.37. The summed E-state index contributed by atoms with van der Waals surface area (Å²) in [5.41, 5.74) is 1.69. The monoisotopic (exact) mass is 327 g/mol. The summed E-state index contributed by atoms with van der Waals surface area (Å²) in [6, 6.07) is 12.4.